The fourth-order valence-corrected chi connectivity index (χ4v) is 7.78. The summed E-state index contributed by atoms with van der Waals surface area (Å²) in [5.74, 6) is 0. The van der Waals surface area contributed by atoms with Gasteiger partial charge in [0.25, 0.3) is 0 Å². The van der Waals surface area contributed by atoms with E-state index in [0.717, 1.165) is 55.6 Å². The molecular formula is C28H36N2O4S2. The Morgan fingerprint density at radius 3 is 1.14 bits per heavy atom. The van der Waals surface area contributed by atoms with Gasteiger partial charge in [-0.2, -0.15) is 0 Å². The fraction of sp³-hybridized carbons (Fsp3) is 0.357. The molecule has 0 amide bonds. The van der Waals surface area contributed by atoms with Crippen LogP contribution in [0.5, 0.6) is 0 Å². The molecule has 0 fully saturated rings. The molecule has 0 aliphatic carbocycles. The number of nitrogens with one attached hydrogen (secondary N) is 2. The zero-order valence-electron chi connectivity index (χ0n) is 22.3. The SMILES string of the molecule is Cc1cc(C)c(C)c(S(=O)(=O)NCc2cccc(CNS(=O)(=O)c3c(C)c(C)cc(C)c3C)c2)c1C. The van der Waals surface area contributed by atoms with Crippen molar-refractivity contribution in [3.63, 3.8) is 0 Å². The zero-order valence-corrected chi connectivity index (χ0v) is 24.0. The third kappa shape index (κ3) is 5.72. The van der Waals surface area contributed by atoms with Crippen molar-refractivity contribution in [2.75, 3.05) is 0 Å². The predicted octanol–water partition coefficient (Wildman–Crippen LogP) is 5.11. The van der Waals surface area contributed by atoms with Gasteiger partial charge in [-0.3, -0.25) is 0 Å². The summed E-state index contributed by atoms with van der Waals surface area (Å²) in [6.07, 6.45) is 0. The molecule has 2 N–H and O–H groups in total. The molecule has 0 atom stereocenters. The van der Waals surface area contributed by atoms with E-state index in [1.54, 1.807) is 6.07 Å². The summed E-state index contributed by atoms with van der Waals surface area (Å²) in [5, 5.41) is 0. The van der Waals surface area contributed by atoms with Gasteiger partial charge in [-0.1, -0.05) is 36.4 Å². The van der Waals surface area contributed by atoms with E-state index in [0.29, 0.717) is 9.79 Å². The number of aryl methyl sites for hydroxylation is 4. The molecule has 0 radical (unpaired) electrons. The van der Waals surface area contributed by atoms with Crippen LogP contribution in [-0.4, -0.2) is 16.8 Å². The molecule has 0 aliphatic heterocycles. The highest BCUT2D eigenvalue weighted by Gasteiger charge is 2.23. The van der Waals surface area contributed by atoms with Crippen LogP contribution in [0.4, 0.5) is 0 Å². The summed E-state index contributed by atoms with van der Waals surface area (Å²) in [7, 11) is -7.46. The molecule has 3 rings (SSSR count). The van der Waals surface area contributed by atoms with E-state index in [4.69, 9.17) is 0 Å². The van der Waals surface area contributed by atoms with Crippen molar-refractivity contribution >= 4 is 20.0 Å². The summed E-state index contributed by atoms with van der Waals surface area (Å²) in [4.78, 5) is 0.645. The molecule has 0 heterocycles. The maximum Gasteiger partial charge on any atom is 0.241 e. The highest BCUT2D eigenvalue weighted by molar-refractivity contribution is 7.89. The summed E-state index contributed by atoms with van der Waals surface area (Å²) in [5.41, 5.74) is 8.18. The molecule has 0 aliphatic rings. The molecule has 0 saturated carbocycles. The van der Waals surface area contributed by atoms with Crippen molar-refractivity contribution < 1.29 is 16.8 Å². The lowest BCUT2D eigenvalue weighted by atomic mass is 10.0. The average molecular weight is 529 g/mol. The van der Waals surface area contributed by atoms with Crippen LogP contribution < -0.4 is 9.44 Å². The van der Waals surface area contributed by atoms with Crippen molar-refractivity contribution in [3.8, 4) is 0 Å². The quantitative estimate of drug-likeness (QED) is 0.425. The lowest BCUT2D eigenvalue weighted by Crippen LogP contribution is -2.26. The van der Waals surface area contributed by atoms with Crippen molar-refractivity contribution in [3.05, 3.63) is 92.0 Å². The van der Waals surface area contributed by atoms with Crippen LogP contribution in [0, 0.1) is 55.4 Å². The number of sulfonamides is 2. The van der Waals surface area contributed by atoms with E-state index in [2.05, 4.69) is 9.44 Å². The summed E-state index contributed by atoms with van der Waals surface area (Å²) in [6, 6.07) is 11.2. The van der Waals surface area contributed by atoms with Crippen LogP contribution >= 0.6 is 0 Å². The maximum atomic E-state index is 13.2. The number of benzene rings is 3. The van der Waals surface area contributed by atoms with Crippen LogP contribution in [0.15, 0.2) is 46.2 Å². The molecule has 0 saturated heterocycles. The average Bonchev–Trinajstić information content (AvgIpc) is 2.79. The molecular weight excluding hydrogens is 492 g/mol. The Hall–Kier alpha value is -2.52. The van der Waals surface area contributed by atoms with E-state index in [1.165, 1.54) is 0 Å². The minimum absolute atomic E-state index is 0.101. The molecule has 0 spiro atoms. The third-order valence-electron chi connectivity index (χ3n) is 7.06. The van der Waals surface area contributed by atoms with E-state index >= 15 is 0 Å². The second-order valence-corrected chi connectivity index (χ2v) is 13.1. The van der Waals surface area contributed by atoms with Crippen LogP contribution in [0.3, 0.4) is 0 Å². The first-order chi connectivity index (χ1) is 16.7. The minimum Gasteiger partial charge on any atom is -0.207 e. The molecule has 6 nitrogen and oxygen atoms in total. The number of hydrogen-bond acceptors (Lipinski definition) is 4. The Bertz CT molecular complexity index is 1380. The number of hydrogen-bond donors (Lipinski definition) is 2. The van der Waals surface area contributed by atoms with Crippen molar-refractivity contribution in [1.82, 2.24) is 9.44 Å². The lowest BCUT2D eigenvalue weighted by Gasteiger charge is -2.17. The zero-order chi connectivity index (χ0) is 27.0. The van der Waals surface area contributed by atoms with Gasteiger partial charge in [-0.05, 0) is 111 Å². The predicted molar refractivity (Wildman–Crippen MR) is 145 cm³/mol. The van der Waals surface area contributed by atoms with Crippen molar-refractivity contribution in [1.29, 1.82) is 0 Å². The van der Waals surface area contributed by atoms with Gasteiger partial charge in [0, 0.05) is 13.1 Å². The smallest absolute Gasteiger partial charge is 0.207 e. The Morgan fingerprint density at radius 2 is 0.833 bits per heavy atom. The first kappa shape index (κ1) is 28.1. The number of rotatable bonds is 8. The molecule has 0 bridgehead atoms. The van der Waals surface area contributed by atoms with Crippen molar-refractivity contribution in [2.45, 2.75) is 78.3 Å². The van der Waals surface area contributed by atoms with Crippen LogP contribution in [-0.2, 0) is 33.1 Å². The van der Waals surface area contributed by atoms with E-state index in [1.807, 2.05) is 85.7 Å². The minimum atomic E-state index is -3.73. The van der Waals surface area contributed by atoms with Gasteiger partial charge in [0.1, 0.15) is 0 Å². The Labute approximate surface area is 216 Å². The molecule has 3 aromatic carbocycles. The highest BCUT2D eigenvalue weighted by Crippen LogP contribution is 2.27. The monoisotopic (exact) mass is 528 g/mol. The molecule has 36 heavy (non-hydrogen) atoms. The fourth-order valence-electron chi connectivity index (χ4n) is 4.52. The summed E-state index contributed by atoms with van der Waals surface area (Å²) in [6.45, 7) is 15.1. The van der Waals surface area contributed by atoms with Crippen LogP contribution in [0.25, 0.3) is 0 Å². The Morgan fingerprint density at radius 1 is 0.528 bits per heavy atom. The standard InChI is InChI=1S/C28H36N2O4S2/c1-17-12-18(2)22(6)27(21(17)5)35(31,32)29-15-25-10-9-11-26(14-25)16-30-36(33,34)28-23(7)19(3)13-20(4)24(28)8/h9-14,29-30H,15-16H2,1-8H3. The third-order valence-corrected chi connectivity index (χ3v) is 10.4. The largest absolute Gasteiger partial charge is 0.241 e. The van der Waals surface area contributed by atoms with E-state index in [-0.39, 0.29) is 13.1 Å². The molecule has 0 aromatic heterocycles. The van der Waals surface area contributed by atoms with Crippen LogP contribution in [0.1, 0.15) is 55.6 Å². The van der Waals surface area contributed by atoms with Gasteiger partial charge in [-0.25, -0.2) is 26.3 Å². The first-order valence-electron chi connectivity index (χ1n) is 11.9. The highest BCUT2D eigenvalue weighted by atomic mass is 32.2. The second-order valence-electron chi connectivity index (χ2n) is 9.65. The van der Waals surface area contributed by atoms with Crippen LogP contribution in [0.2, 0.25) is 0 Å². The van der Waals surface area contributed by atoms with Gasteiger partial charge < -0.3 is 0 Å². The lowest BCUT2D eigenvalue weighted by molar-refractivity contribution is 0.578. The topological polar surface area (TPSA) is 92.3 Å². The molecule has 8 heteroatoms. The van der Waals surface area contributed by atoms with Crippen molar-refractivity contribution in [2.24, 2.45) is 0 Å². The summed E-state index contributed by atoms with van der Waals surface area (Å²) < 4.78 is 58.1. The van der Waals surface area contributed by atoms with E-state index < -0.39 is 20.0 Å². The van der Waals surface area contributed by atoms with Gasteiger partial charge in [0.15, 0.2) is 0 Å². The molecule has 194 valence electrons. The summed E-state index contributed by atoms with van der Waals surface area (Å²) >= 11 is 0. The maximum absolute atomic E-state index is 13.2. The van der Waals surface area contributed by atoms with Gasteiger partial charge in [-0.15, -0.1) is 0 Å². The molecule has 3 aromatic rings. The van der Waals surface area contributed by atoms with E-state index in [9.17, 15) is 16.8 Å². The Balaban J connectivity index is 1.79. The van der Waals surface area contributed by atoms with Gasteiger partial charge >= 0.3 is 0 Å². The van der Waals surface area contributed by atoms with Gasteiger partial charge in [0.2, 0.25) is 20.0 Å². The molecule has 0 unspecified atom stereocenters. The first-order valence-corrected chi connectivity index (χ1v) is 14.8. The Kier molecular flexibility index (Phi) is 8.15. The normalized spacial score (nSPS) is 12.2. The van der Waals surface area contributed by atoms with Gasteiger partial charge in [0.05, 0.1) is 9.79 Å². The second kappa shape index (κ2) is 10.5.